The van der Waals surface area contributed by atoms with Crippen molar-refractivity contribution in [1.82, 2.24) is 14.7 Å². The van der Waals surface area contributed by atoms with E-state index in [1.165, 1.54) is 19.2 Å². The number of methoxy groups -OCH3 is 1. The number of carbonyl (C=O) groups excluding carboxylic acids is 1. The lowest BCUT2D eigenvalue weighted by Crippen LogP contribution is -2.36. The van der Waals surface area contributed by atoms with Crippen LogP contribution in [0.5, 0.6) is 0 Å². The second kappa shape index (κ2) is 8.77. The van der Waals surface area contributed by atoms with E-state index in [2.05, 4.69) is 21.7 Å². The summed E-state index contributed by atoms with van der Waals surface area (Å²) in [4.78, 5) is 14.2. The van der Waals surface area contributed by atoms with Gasteiger partial charge in [0.2, 0.25) is 0 Å². The molecule has 0 spiro atoms. The molecule has 1 aromatic heterocycles. The molecule has 31 heavy (non-hydrogen) atoms. The van der Waals surface area contributed by atoms with Gasteiger partial charge in [0, 0.05) is 40.6 Å². The Labute approximate surface area is 190 Å². The number of halogens is 3. The molecule has 1 aliphatic rings. The molecule has 0 saturated carbocycles. The molecular formula is C23H24Cl2FN3O2. The summed E-state index contributed by atoms with van der Waals surface area (Å²) >= 11 is 12.3. The molecule has 2 aromatic carbocycles. The molecular weight excluding hydrogens is 440 g/mol. The number of aryl methyl sites for hydroxylation is 1. The summed E-state index contributed by atoms with van der Waals surface area (Å²) in [6.07, 6.45) is 1.77. The average Bonchev–Trinajstić information content (AvgIpc) is 3.06. The minimum absolute atomic E-state index is 0.0681. The zero-order valence-corrected chi connectivity index (χ0v) is 19.2. The van der Waals surface area contributed by atoms with Crippen LogP contribution in [0.25, 0.3) is 10.9 Å². The van der Waals surface area contributed by atoms with E-state index in [1.54, 1.807) is 6.07 Å². The van der Waals surface area contributed by atoms with Crippen LogP contribution in [0, 0.1) is 12.7 Å². The first-order valence-electron chi connectivity index (χ1n) is 10.2. The summed E-state index contributed by atoms with van der Waals surface area (Å²) in [6, 6.07) is 8.92. The maximum absolute atomic E-state index is 14.6. The smallest absolute Gasteiger partial charge is 0.340 e. The summed E-state index contributed by atoms with van der Waals surface area (Å²) in [5, 5.41) is 6.72. The molecule has 3 aromatic rings. The van der Waals surface area contributed by atoms with E-state index in [-0.39, 0.29) is 17.6 Å². The molecule has 8 heteroatoms. The van der Waals surface area contributed by atoms with Crippen molar-refractivity contribution in [2.75, 3.05) is 20.2 Å². The fraction of sp³-hybridized carbons (Fsp3) is 0.391. The van der Waals surface area contributed by atoms with E-state index < -0.39 is 11.8 Å². The third-order valence-corrected chi connectivity index (χ3v) is 6.58. The van der Waals surface area contributed by atoms with Crippen molar-refractivity contribution >= 4 is 40.1 Å². The molecule has 1 saturated heterocycles. The molecule has 0 N–H and O–H groups in total. The van der Waals surface area contributed by atoms with Crippen LogP contribution in [-0.4, -0.2) is 40.8 Å². The molecule has 0 amide bonds. The van der Waals surface area contributed by atoms with E-state index in [0.717, 1.165) is 42.6 Å². The lowest BCUT2D eigenvalue weighted by molar-refractivity contribution is 0.0595. The number of likely N-dealkylation sites (tertiary alicyclic amines) is 1. The van der Waals surface area contributed by atoms with Gasteiger partial charge in [-0.1, -0.05) is 23.2 Å². The summed E-state index contributed by atoms with van der Waals surface area (Å²) < 4.78 is 21.2. The van der Waals surface area contributed by atoms with Crippen molar-refractivity contribution in [2.45, 2.75) is 38.8 Å². The number of hydrogen-bond acceptors (Lipinski definition) is 4. The topological polar surface area (TPSA) is 47.4 Å². The minimum Gasteiger partial charge on any atom is -0.465 e. The molecule has 1 aliphatic heterocycles. The minimum atomic E-state index is -0.685. The Balaban J connectivity index is 1.55. The van der Waals surface area contributed by atoms with Gasteiger partial charge in [-0.05, 0) is 56.5 Å². The van der Waals surface area contributed by atoms with Crippen molar-refractivity contribution in [3.8, 4) is 0 Å². The Bertz CT molecular complexity index is 1120. The predicted octanol–water partition coefficient (Wildman–Crippen LogP) is 5.98. The molecule has 0 aliphatic carbocycles. The molecule has 5 nitrogen and oxygen atoms in total. The zero-order valence-electron chi connectivity index (χ0n) is 17.7. The summed E-state index contributed by atoms with van der Waals surface area (Å²) in [6.45, 7) is 5.77. The number of hydrogen-bond donors (Lipinski definition) is 0. The number of ether oxygens (including phenoxy) is 1. The molecule has 2 heterocycles. The Hall–Kier alpha value is -2.15. The van der Waals surface area contributed by atoms with Gasteiger partial charge in [0.1, 0.15) is 5.82 Å². The van der Waals surface area contributed by atoms with Crippen molar-refractivity contribution in [2.24, 2.45) is 0 Å². The molecule has 1 fully saturated rings. The highest BCUT2D eigenvalue weighted by Gasteiger charge is 2.27. The number of fused-ring (bicyclic) bond motifs is 1. The summed E-state index contributed by atoms with van der Waals surface area (Å²) in [7, 11) is 1.24. The van der Waals surface area contributed by atoms with Gasteiger partial charge < -0.3 is 4.74 Å². The number of carbonyl (C=O) groups is 1. The molecule has 0 radical (unpaired) electrons. The third-order valence-electron chi connectivity index (χ3n) is 6.14. The van der Waals surface area contributed by atoms with Crippen molar-refractivity contribution in [3.05, 3.63) is 63.0 Å². The largest absolute Gasteiger partial charge is 0.465 e. The summed E-state index contributed by atoms with van der Waals surface area (Å²) in [5.74, 6) is -1.28. The number of nitrogens with zero attached hydrogens (tertiary/aromatic N) is 3. The molecule has 164 valence electrons. The summed E-state index contributed by atoms with van der Waals surface area (Å²) in [5.41, 5.74) is 2.50. The maximum Gasteiger partial charge on any atom is 0.340 e. The molecule has 0 bridgehead atoms. The second-order valence-corrected chi connectivity index (χ2v) is 8.89. The lowest BCUT2D eigenvalue weighted by atomic mass is 10.00. The molecule has 4 rings (SSSR count). The average molecular weight is 464 g/mol. The number of aromatic nitrogens is 2. The maximum atomic E-state index is 14.6. The van der Waals surface area contributed by atoms with Crippen molar-refractivity contribution in [3.63, 3.8) is 0 Å². The van der Waals surface area contributed by atoms with Gasteiger partial charge in [0.25, 0.3) is 0 Å². The van der Waals surface area contributed by atoms with E-state index >= 15 is 0 Å². The van der Waals surface area contributed by atoms with Crippen LogP contribution in [-0.2, 0) is 4.74 Å². The van der Waals surface area contributed by atoms with E-state index in [1.807, 2.05) is 23.7 Å². The Morgan fingerprint density at radius 1 is 1.16 bits per heavy atom. The number of piperidine rings is 1. The van der Waals surface area contributed by atoms with E-state index in [9.17, 15) is 9.18 Å². The predicted molar refractivity (Wildman–Crippen MR) is 120 cm³/mol. The first-order chi connectivity index (χ1) is 14.8. The van der Waals surface area contributed by atoms with Gasteiger partial charge in [-0.3, -0.25) is 9.58 Å². The monoisotopic (exact) mass is 463 g/mol. The fourth-order valence-electron chi connectivity index (χ4n) is 4.40. The molecule has 1 atom stereocenters. The Morgan fingerprint density at radius 2 is 1.81 bits per heavy atom. The SMILES string of the molecule is COC(=O)c1cc2c(C)nn(C3CCN(C(C)c4cc(Cl)cc(Cl)c4)CC3)c2cc1F. The van der Waals surface area contributed by atoms with E-state index in [0.29, 0.717) is 15.6 Å². The van der Waals surface area contributed by atoms with Gasteiger partial charge in [0.15, 0.2) is 0 Å². The molecule has 1 unspecified atom stereocenters. The van der Waals surface area contributed by atoms with Gasteiger partial charge in [-0.25, -0.2) is 9.18 Å². The van der Waals surface area contributed by atoms with Crippen molar-refractivity contribution in [1.29, 1.82) is 0 Å². The van der Waals surface area contributed by atoms with Gasteiger partial charge >= 0.3 is 5.97 Å². The highest BCUT2D eigenvalue weighted by Crippen LogP contribution is 2.34. The van der Waals surface area contributed by atoms with E-state index in [4.69, 9.17) is 23.2 Å². The van der Waals surface area contributed by atoms with Crippen molar-refractivity contribution < 1.29 is 13.9 Å². The first kappa shape index (κ1) is 22.1. The number of esters is 1. The normalized spacial score (nSPS) is 16.6. The van der Waals surface area contributed by atoms with Crippen LogP contribution in [0.1, 0.15) is 53.5 Å². The van der Waals surface area contributed by atoms with Crippen LogP contribution in [0.2, 0.25) is 10.0 Å². The highest BCUT2D eigenvalue weighted by molar-refractivity contribution is 6.34. The number of benzene rings is 2. The zero-order chi connectivity index (χ0) is 22.3. The van der Waals surface area contributed by atoms with Crippen LogP contribution < -0.4 is 0 Å². The second-order valence-electron chi connectivity index (χ2n) is 8.02. The van der Waals surface area contributed by atoms with Crippen LogP contribution in [0.4, 0.5) is 4.39 Å². The fourth-order valence-corrected chi connectivity index (χ4v) is 4.94. The lowest BCUT2D eigenvalue weighted by Gasteiger charge is -2.36. The van der Waals surface area contributed by atoms with Gasteiger partial charge in [0.05, 0.1) is 29.9 Å². The Morgan fingerprint density at radius 3 is 2.42 bits per heavy atom. The quantitative estimate of drug-likeness (QED) is 0.446. The third kappa shape index (κ3) is 4.29. The van der Waals surface area contributed by atoms with Gasteiger partial charge in [-0.2, -0.15) is 5.10 Å². The van der Waals surface area contributed by atoms with Crippen LogP contribution in [0.3, 0.4) is 0 Å². The number of rotatable bonds is 4. The van der Waals surface area contributed by atoms with Gasteiger partial charge in [-0.15, -0.1) is 0 Å². The van der Waals surface area contributed by atoms with Crippen LogP contribution in [0.15, 0.2) is 30.3 Å². The highest BCUT2D eigenvalue weighted by atomic mass is 35.5. The van der Waals surface area contributed by atoms with Crippen LogP contribution >= 0.6 is 23.2 Å². The standard InChI is InChI=1S/C23H24Cl2FN3O2/c1-13-19-11-20(23(30)31-3)21(26)12-22(19)29(27-13)18-4-6-28(7-5-18)14(2)15-8-16(24)10-17(25)9-15/h8-12,14,18H,4-7H2,1-3H3. The Kier molecular flexibility index (Phi) is 6.24. The first-order valence-corrected chi connectivity index (χ1v) is 11.0.